The number of hydrogen-bond acceptors (Lipinski definition) is 1. The summed E-state index contributed by atoms with van der Waals surface area (Å²) in [4.78, 5) is 0. The molecule has 2 rings (SSSR count). The molecular formula is C13H9BrClIO. The third kappa shape index (κ3) is 3.60. The standard InChI is InChI=1S/C13H9BrClIO/c14-8-9-4-5-10(15)6-13(9)17-12-3-1-2-11(16)7-12/h1-7H,8H2. The minimum absolute atomic E-state index is 0.676. The molecule has 0 unspecified atom stereocenters. The molecule has 0 heterocycles. The zero-order valence-electron chi connectivity index (χ0n) is 8.79. The van der Waals surface area contributed by atoms with Gasteiger partial charge in [0.05, 0.1) is 0 Å². The topological polar surface area (TPSA) is 9.23 Å². The maximum Gasteiger partial charge on any atom is 0.132 e. The second kappa shape index (κ2) is 6.07. The van der Waals surface area contributed by atoms with Gasteiger partial charge in [-0.25, -0.2) is 0 Å². The molecule has 0 aliphatic carbocycles. The van der Waals surface area contributed by atoms with Gasteiger partial charge in [0, 0.05) is 19.5 Å². The van der Waals surface area contributed by atoms with E-state index in [9.17, 15) is 0 Å². The van der Waals surface area contributed by atoms with Crippen LogP contribution in [0.1, 0.15) is 5.56 Å². The summed E-state index contributed by atoms with van der Waals surface area (Å²) in [6.07, 6.45) is 0. The molecule has 0 saturated carbocycles. The fraction of sp³-hybridized carbons (Fsp3) is 0.0769. The van der Waals surface area contributed by atoms with E-state index in [1.165, 1.54) is 0 Å². The summed E-state index contributed by atoms with van der Waals surface area (Å²) >= 11 is 11.7. The highest BCUT2D eigenvalue weighted by Gasteiger charge is 2.05. The Morgan fingerprint density at radius 1 is 1.18 bits per heavy atom. The van der Waals surface area contributed by atoms with E-state index in [1.807, 2.05) is 42.5 Å². The Hall–Kier alpha value is -0.260. The summed E-state index contributed by atoms with van der Waals surface area (Å²) in [7, 11) is 0. The van der Waals surface area contributed by atoms with E-state index < -0.39 is 0 Å². The van der Waals surface area contributed by atoms with Crippen LogP contribution in [-0.2, 0) is 5.33 Å². The first-order valence-electron chi connectivity index (χ1n) is 4.97. The van der Waals surface area contributed by atoms with Crippen molar-refractivity contribution in [2.45, 2.75) is 5.33 Å². The molecule has 0 aliphatic rings. The fourth-order valence-electron chi connectivity index (χ4n) is 1.39. The molecular weight excluding hydrogens is 414 g/mol. The highest BCUT2D eigenvalue weighted by atomic mass is 127. The molecule has 0 aliphatic heterocycles. The van der Waals surface area contributed by atoms with Crippen LogP contribution in [0, 0.1) is 3.57 Å². The molecule has 1 nitrogen and oxygen atoms in total. The van der Waals surface area contributed by atoms with Gasteiger partial charge < -0.3 is 4.74 Å². The van der Waals surface area contributed by atoms with Gasteiger partial charge in [-0.3, -0.25) is 0 Å². The van der Waals surface area contributed by atoms with Crippen molar-refractivity contribution in [2.24, 2.45) is 0 Å². The lowest BCUT2D eigenvalue weighted by Crippen LogP contribution is -1.89. The quantitative estimate of drug-likeness (QED) is 0.459. The molecule has 0 radical (unpaired) electrons. The van der Waals surface area contributed by atoms with E-state index in [2.05, 4.69) is 38.5 Å². The lowest BCUT2D eigenvalue weighted by atomic mass is 10.2. The highest BCUT2D eigenvalue weighted by Crippen LogP contribution is 2.30. The zero-order valence-corrected chi connectivity index (χ0v) is 13.3. The van der Waals surface area contributed by atoms with Crippen LogP contribution >= 0.6 is 50.1 Å². The summed E-state index contributed by atoms with van der Waals surface area (Å²) < 4.78 is 6.98. The fourth-order valence-corrected chi connectivity index (χ4v) is 2.53. The van der Waals surface area contributed by atoms with Gasteiger partial charge in [0.25, 0.3) is 0 Å². The molecule has 0 N–H and O–H groups in total. The number of halogens is 3. The minimum atomic E-state index is 0.676. The van der Waals surface area contributed by atoms with Gasteiger partial charge in [-0.1, -0.05) is 39.7 Å². The van der Waals surface area contributed by atoms with Crippen LogP contribution in [0.4, 0.5) is 0 Å². The molecule has 0 spiro atoms. The number of benzene rings is 2. The molecule has 0 saturated heterocycles. The lowest BCUT2D eigenvalue weighted by Gasteiger charge is -2.10. The average Bonchev–Trinajstić information content (AvgIpc) is 2.29. The van der Waals surface area contributed by atoms with Crippen LogP contribution in [0.15, 0.2) is 42.5 Å². The largest absolute Gasteiger partial charge is 0.457 e. The maximum atomic E-state index is 5.97. The summed E-state index contributed by atoms with van der Waals surface area (Å²) in [6.45, 7) is 0. The van der Waals surface area contributed by atoms with E-state index in [1.54, 1.807) is 0 Å². The molecule has 0 amide bonds. The number of alkyl halides is 1. The van der Waals surface area contributed by atoms with Gasteiger partial charge in [-0.05, 0) is 52.9 Å². The Balaban J connectivity index is 2.32. The normalized spacial score (nSPS) is 10.3. The van der Waals surface area contributed by atoms with Crippen molar-refractivity contribution < 1.29 is 4.74 Å². The van der Waals surface area contributed by atoms with E-state index in [0.717, 1.165) is 26.0 Å². The van der Waals surface area contributed by atoms with E-state index in [-0.39, 0.29) is 0 Å². The molecule has 2 aromatic carbocycles. The van der Waals surface area contributed by atoms with Gasteiger partial charge in [-0.15, -0.1) is 0 Å². The van der Waals surface area contributed by atoms with Gasteiger partial charge >= 0.3 is 0 Å². The van der Waals surface area contributed by atoms with Crippen molar-refractivity contribution in [3.63, 3.8) is 0 Å². The SMILES string of the molecule is Clc1ccc(CBr)c(Oc2cccc(I)c2)c1. The summed E-state index contributed by atoms with van der Waals surface area (Å²) in [5.41, 5.74) is 1.08. The van der Waals surface area contributed by atoms with Crippen molar-refractivity contribution in [3.05, 3.63) is 56.6 Å². The molecule has 0 bridgehead atoms. The first-order chi connectivity index (χ1) is 8.19. The zero-order chi connectivity index (χ0) is 12.3. The van der Waals surface area contributed by atoms with Crippen LogP contribution in [-0.4, -0.2) is 0 Å². The third-order valence-electron chi connectivity index (χ3n) is 2.20. The van der Waals surface area contributed by atoms with Crippen molar-refractivity contribution in [2.75, 3.05) is 0 Å². The maximum absolute atomic E-state index is 5.97. The average molecular weight is 423 g/mol. The van der Waals surface area contributed by atoms with E-state index in [0.29, 0.717) is 5.02 Å². The molecule has 88 valence electrons. The van der Waals surface area contributed by atoms with Crippen LogP contribution < -0.4 is 4.74 Å². The van der Waals surface area contributed by atoms with Crippen LogP contribution in [0.2, 0.25) is 5.02 Å². The van der Waals surface area contributed by atoms with E-state index in [4.69, 9.17) is 16.3 Å². The Kier molecular flexibility index (Phi) is 4.70. The number of hydrogen-bond donors (Lipinski definition) is 0. The predicted molar refractivity (Wildman–Crippen MR) is 83.3 cm³/mol. The first kappa shape index (κ1) is 13.2. The second-order valence-electron chi connectivity index (χ2n) is 3.45. The Morgan fingerprint density at radius 2 is 2.00 bits per heavy atom. The molecule has 0 atom stereocenters. The van der Waals surface area contributed by atoms with Crippen molar-refractivity contribution in [1.29, 1.82) is 0 Å². The van der Waals surface area contributed by atoms with Crippen molar-refractivity contribution in [1.82, 2.24) is 0 Å². The molecule has 17 heavy (non-hydrogen) atoms. The molecule has 2 aromatic rings. The third-order valence-corrected chi connectivity index (χ3v) is 3.71. The predicted octanol–water partition coefficient (Wildman–Crippen LogP) is 5.63. The minimum Gasteiger partial charge on any atom is -0.457 e. The summed E-state index contributed by atoms with van der Waals surface area (Å²) in [5, 5.41) is 1.42. The summed E-state index contributed by atoms with van der Waals surface area (Å²) in [5.74, 6) is 1.61. The van der Waals surface area contributed by atoms with Gasteiger partial charge in [0.15, 0.2) is 0 Å². The number of ether oxygens (including phenoxy) is 1. The monoisotopic (exact) mass is 422 g/mol. The van der Waals surface area contributed by atoms with Gasteiger partial charge in [0.2, 0.25) is 0 Å². The first-order valence-corrected chi connectivity index (χ1v) is 7.54. The number of rotatable bonds is 3. The summed E-state index contributed by atoms with van der Waals surface area (Å²) in [6, 6.07) is 13.6. The Morgan fingerprint density at radius 3 is 2.71 bits per heavy atom. The molecule has 0 fully saturated rings. The van der Waals surface area contributed by atoms with E-state index >= 15 is 0 Å². The van der Waals surface area contributed by atoms with Gasteiger partial charge in [-0.2, -0.15) is 0 Å². The van der Waals surface area contributed by atoms with Crippen LogP contribution in [0.3, 0.4) is 0 Å². The van der Waals surface area contributed by atoms with Crippen LogP contribution in [0.25, 0.3) is 0 Å². The van der Waals surface area contributed by atoms with Crippen LogP contribution in [0.5, 0.6) is 11.5 Å². The van der Waals surface area contributed by atoms with Crippen molar-refractivity contribution in [3.8, 4) is 11.5 Å². The highest BCUT2D eigenvalue weighted by molar-refractivity contribution is 14.1. The molecule has 4 heteroatoms. The Labute approximate surface area is 127 Å². The smallest absolute Gasteiger partial charge is 0.132 e. The lowest BCUT2D eigenvalue weighted by molar-refractivity contribution is 0.478. The van der Waals surface area contributed by atoms with Gasteiger partial charge in [0.1, 0.15) is 11.5 Å². The second-order valence-corrected chi connectivity index (χ2v) is 5.69. The molecule has 0 aromatic heterocycles. The van der Waals surface area contributed by atoms with Crippen molar-refractivity contribution >= 4 is 50.1 Å². The Bertz CT molecular complexity index is 531.